The zero-order chi connectivity index (χ0) is 29.0. The molecule has 222 valence electrons. The first-order valence-corrected chi connectivity index (χ1v) is 14.0. The Morgan fingerprint density at radius 2 is 1.37 bits per heavy atom. The molecule has 1 aromatic heterocycles. The number of hydrogen-bond donors (Lipinski definition) is 5. The van der Waals surface area contributed by atoms with E-state index in [0.29, 0.717) is 62.9 Å². The number of carbonyl (C=O) groups excluding carboxylic acids is 1. The summed E-state index contributed by atoms with van der Waals surface area (Å²) >= 11 is 0. The van der Waals surface area contributed by atoms with Crippen LogP contribution in [0.5, 0.6) is 5.75 Å². The topological polar surface area (TPSA) is 158 Å². The van der Waals surface area contributed by atoms with Crippen LogP contribution >= 0.6 is 0 Å². The Labute approximate surface area is 241 Å². The van der Waals surface area contributed by atoms with Crippen LogP contribution in [0.15, 0.2) is 54.6 Å². The number of carbonyl (C=O) groups is 1. The maximum absolute atomic E-state index is 12.0. The molecule has 12 heteroatoms. The summed E-state index contributed by atoms with van der Waals surface area (Å²) in [7, 11) is 1.63. The van der Waals surface area contributed by atoms with Gasteiger partial charge in [0.25, 0.3) is 5.91 Å². The van der Waals surface area contributed by atoms with Gasteiger partial charge in [-0.05, 0) is 55.8 Å². The van der Waals surface area contributed by atoms with Gasteiger partial charge in [0.05, 0.1) is 33.5 Å². The van der Waals surface area contributed by atoms with Crippen LogP contribution < -0.4 is 31.7 Å². The lowest BCUT2D eigenvalue weighted by Crippen LogP contribution is -2.27. The Balaban J connectivity index is 1.37. The Kier molecular flexibility index (Phi) is 14.7. The molecule has 6 N–H and O–H groups in total. The van der Waals surface area contributed by atoms with Crippen molar-refractivity contribution in [1.29, 1.82) is 0 Å². The van der Waals surface area contributed by atoms with Crippen LogP contribution in [0, 0.1) is 0 Å². The smallest absolute Gasteiger partial charge is 0.251 e. The molecule has 0 saturated carbocycles. The summed E-state index contributed by atoms with van der Waals surface area (Å²) in [6.45, 7) is 4.16. The average Bonchev–Trinajstić information content (AvgIpc) is 3.00. The Morgan fingerprint density at radius 3 is 2.05 bits per heavy atom. The van der Waals surface area contributed by atoms with Crippen LogP contribution in [0.3, 0.4) is 0 Å². The molecule has 2 aromatic carbocycles. The molecule has 12 nitrogen and oxygen atoms in total. The Morgan fingerprint density at radius 1 is 0.732 bits per heavy atom. The number of anilines is 4. The number of rotatable bonds is 21. The number of ether oxygens (including phenoxy) is 3. The van der Waals surface area contributed by atoms with Gasteiger partial charge in [0.15, 0.2) is 0 Å². The fraction of sp³-hybridized carbons (Fsp3) is 0.448. The van der Waals surface area contributed by atoms with E-state index in [1.807, 2.05) is 42.5 Å². The van der Waals surface area contributed by atoms with Crippen molar-refractivity contribution in [3.05, 3.63) is 60.2 Å². The molecule has 0 aliphatic rings. The first-order valence-electron chi connectivity index (χ1n) is 14.0. The number of benzene rings is 2. The van der Waals surface area contributed by atoms with Gasteiger partial charge in [-0.3, -0.25) is 4.79 Å². The molecule has 1 heterocycles. The van der Waals surface area contributed by atoms with E-state index in [1.54, 1.807) is 19.2 Å². The molecule has 3 aromatic rings. The minimum absolute atomic E-state index is 0.113. The first kappa shape index (κ1) is 31.5. The van der Waals surface area contributed by atoms with Gasteiger partial charge in [-0.2, -0.15) is 15.0 Å². The SMILES string of the molecule is COc1ccc(Nc2nc(NCCCCCCN)nc(NCCOCCOCCNC(=O)c3ccccc3)n2)cc1. The number of nitrogens with one attached hydrogen (secondary N) is 4. The second-order valence-electron chi connectivity index (χ2n) is 9.06. The largest absolute Gasteiger partial charge is 0.497 e. The lowest BCUT2D eigenvalue weighted by Gasteiger charge is -2.12. The summed E-state index contributed by atoms with van der Waals surface area (Å²) in [6, 6.07) is 16.6. The van der Waals surface area contributed by atoms with Crippen LogP contribution in [0.1, 0.15) is 36.0 Å². The molecule has 3 rings (SSSR count). The summed E-state index contributed by atoms with van der Waals surface area (Å²) in [5.74, 6) is 2.01. The Bertz CT molecular complexity index is 1140. The van der Waals surface area contributed by atoms with Gasteiger partial charge in [-0.25, -0.2) is 0 Å². The molecule has 0 bridgehead atoms. The number of aromatic nitrogens is 3. The number of methoxy groups -OCH3 is 1. The van der Waals surface area contributed by atoms with Crippen molar-refractivity contribution in [3.8, 4) is 5.75 Å². The summed E-state index contributed by atoms with van der Waals surface area (Å²) in [5.41, 5.74) is 7.04. The van der Waals surface area contributed by atoms with Gasteiger partial charge in [0.1, 0.15) is 5.75 Å². The number of amides is 1. The van der Waals surface area contributed by atoms with E-state index in [-0.39, 0.29) is 5.91 Å². The molecule has 0 unspecified atom stereocenters. The predicted molar refractivity (Wildman–Crippen MR) is 161 cm³/mol. The van der Waals surface area contributed by atoms with E-state index >= 15 is 0 Å². The highest BCUT2D eigenvalue weighted by Gasteiger charge is 2.08. The molecule has 0 radical (unpaired) electrons. The lowest BCUT2D eigenvalue weighted by molar-refractivity contribution is 0.0519. The molecule has 0 aliphatic carbocycles. The molecule has 0 atom stereocenters. The molecule has 0 saturated heterocycles. The number of hydrogen-bond acceptors (Lipinski definition) is 11. The molecule has 0 aliphatic heterocycles. The monoisotopic (exact) mass is 566 g/mol. The van der Waals surface area contributed by atoms with Crippen LogP contribution in [0.25, 0.3) is 0 Å². The fourth-order valence-corrected chi connectivity index (χ4v) is 3.70. The highest BCUT2D eigenvalue weighted by molar-refractivity contribution is 5.94. The van der Waals surface area contributed by atoms with Crippen molar-refractivity contribution in [1.82, 2.24) is 20.3 Å². The van der Waals surface area contributed by atoms with Gasteiger partial charge >= 0.3 is 0 Å². The van der Waals surface area contributed by atoms with Crippen molar-refractivity contribution in [3.63, 3.8) is 0 Å². The van der Waals surface area contributed by atoms with Crippen LogP contribution in [0.2, 0.25) is 0 Å². The fourth-order valence-electron chi connectivity index (χ4n) is 3.70. The standard InChI is InChI=1S/C29H42N8O4/c1-39-25-13-11-24(12-14-25)34-29-36-27(32-16-8-3-2-7-15-30)35-28(37-29)33-18-20-41-22-21-40-19-17-31-26(38)23-9-5-4-6-10-23/h4-6,9-14H,2-3,7-8,15-22,30H2,1H3,(H,31,38)(H3,32,33,34,35,36,37). The first-order chi connectivity index (χ1) is 20.2. The second kappa shape index (κ2) is 19.1. The van der Waals surface area contributed by atoms with Gasteiger partial charge < -0.3 is 41.2 Å². The maximum Gasteiger partial charge on any atom is 0.251 e. The van der Waals surface area contributed by atoms with Crippen molar-refractivity contribution >= 4 is 29.4 Å². The normalized spacial score (nSPS) is 10.7. The quantitative estimate of drug-likeness (QED) is 0.120. The maximum atomic E-state index is 12.0. The van der Waals surface area contributed by atoms with Crippen LogP contribution in [-0.4, -0.2) is 80.6 Å². The van der Waals surface area contributed by atoms with Crippen molar-refractivity contribution in [2.24, 2.45) is 5.73 Å². The summed E-state index contributed by atoms with van der Waals surface area (Å²) in [6.07, 6.45) is 4.25. The average molecular weight is 567 g/mol. The van der Waals surface area contributed by atoms with E-state index in [1.165, 1.54) is 0 Å². The van der Waals surface area contributed by atoms with E-state index < -0.39 is 0 Å². The molecule has 0 fully saturated rings. The third kappa shape index (κ3) is 12.8. The van der Waals surface area contributed by atoms with E-state index in [4.69, 9.17) is 19.9 Å². The van der Waals surface area contributed by atoms with Gasteiger partial charge in [-0.15, -0.1) is 0 Å². The predicted octanol–water partition coefficient (Wildman–Crippen LogP) is 3.43. The molecular weight excluding hydrogens is 524 g/mol. The van der Waals surface area contributed by atoms with Crippen molar-refractivity contribution in [2.45, 2.75) is 25.7 Å². The highest BCUT2D eigenvalue weighted by Crippen LogP contribution is 2.19. The number of nitrogens with two attached hydrogens (primary N) is 1. The number of nitrogens with zero attached hydrogens (tertiary/aromatic N) is 3. The number of unbranched alkanes of at least 4 members (excludes halogenated alkanes) is 3. The summed E-state index contributed by atoms with van der Waals surface area (Å²) in [5, 5.41) is 12.5. The summed E-state index contributed by atoms with van der Waals surface area (Å²) < 4.78 is 16.4. The molecule has 41 heavy (non-hydrogen) atoms. The van der Waals surface area contributed by atoms with Crippen LogP contribution in [0.4, 0.5) is 23.5 Å². The van der Waals surface area contributed by atoms with E-state index in [2.05, 4.69) is 36.2 Å². The molecule has 0 spiro atoms. The lowest BCUT2D eigenvalue weighted by atomic mass is 10.2. The van der Waals surface area contributed by atoms with E-state index in [9.17, 15) is 4.79 Å². The van der Waals surface area contributed by atoms with Gasteiger partial charge in [0.2, 0.25) is 17.8 Å². The minimum Gasteiger partial charge on any atom is -0.497 e. The molecule has 1 amide bonds. The molecular formula is C29H42N8O4. The van der Waals surface area contributed by atoms with E-state index in [0.717, 1.165) is 50.2 Å². The third-order valence-corrected chi connectivity index (χ3v) is 5.87. The zero-order valence-electron chi connectivity index (χ0n) is 23.7. The van der Waals surface area contributed by atoms with Crippen molar-refractivity contribution < 1.29 is 19.0 Å². The minimum atomic E-state index is -0.113. The van der Waals surface area contributed by atoms with Gasteiger partial charge in [0, 0.05) is 30.9 Å². The third-order valence-electron chi connectivity index (χ3n) is 5.87. The van der Waals surface area contributed by atoms with Crippen molar-refractivity contribution in [2.75, 3.05) is 75.7 Å². The van der Waals surface area contributed by atoms with Gasteiger partial charge in [-0.1, -0.05) is 31.0 Å². The van der Waals surface area contributed by atoms with Crippen LogP contribution in [-0.2, 0) is 9.47 Å². The summed E-state index contributed by atoms with van der Waals surface area (Å²) in [4.78, 5) is 25.5. The second-order valence-corrected chi connectivity index (χ2v) is 9.06. The highest BCUT2D eigenvalue weighted by atomic mass is 16.5. The Hall–Kier alpha value is -4.00. The zero-order valence-corrected chi connectivity index (χ0v) is 23.7.